The van der Waals surface area contributed by atoms with Gasteiger partial charge < -0.3 is 4.74 Å². The molecule has 0 aliphatic heterocycles. The predicted octanol–water partition coefficient (Wildman–Crippen LogP) is 4.14. The number of hydrogen-bond donors (Lipinski definition) is 0. The van der Waals surface area contributed by atoms with E-state index >= 15 is 0 Å². The quantitative estimate of drug-likeness (QED) is 0.612. The number of hydrogen-bond acceptors (Lipinski definition) is 2. The van der Waals surface area contributed by atoms with Crippen molar-refractivity contribution in [3.8, 4) is 0 Å². The molecule has 1 aliphatic rings. The van der Waals surface area contributed by atoms with E-state index in [1.54, 1.807) is 13.0 Å². The van der Waals surface area contributed by atoms with E-state index in [1.165, 1.54) is 6.07 Å². The number of fused-ring (bicyclic) bond motifs is 1. The molecule has 1 aliphatic carbocycles. The molecular formula is C17H21FO2. The van der Waals surface area contributed by atoms with Gasteiger partial charge in [0, 0.05) is 11.5 Å². The number of rotatable bonds is 3. The molecule has 1 aromatic rings. The van der Waals surface area contributed by atoms with Crippen molar-refractivity contribution in [3.63, 3.8) is 0 Å². The fourth-order valence-electron chi connectivity index (χ4n) is 2.90. The molecule has 108 valence electrons. The van der Waals surface area contributed by atoms with Crippen LogP contribution in [0.1, 0.15) is 50.7 Å². The third-order valence-electron chi connectivity index (χ3n) is 3.96. The van der Waals surface area contributed by atoms with Gasteiger partial charge in [0.25, 0.3) is 0 Å². The minimum Gasteiger partial charge on any atom is -0.456 e. The van der Waals surface area contributed by atoms with Crippen molar-refractivity contribution in [1.29, 1.82) is 0 Å². The zero-order chi connectivity index (χ0) is 14.9. The highest BCUT2D eigenvalue weighted by atomic mass is 19.1. The number of ether oxygens (including phenoxy) is 1. The number of carbonyl (C=O) groups excluding carboxylic acids is 1. The van der Waals surface area contributed by atoms with Crippen molar-refractivity contribution < 1.29 is 13.9 Å². The lowest BCUT2D eigenvalue weighted by Gasteiger charge is -2.38. The summed E-state index contributed by atoms with van der Waals surface area (Å²) >= 11 is 0. The van der Waals surface area contributed by atoms with Crippen LogP contribution in [0.2, 0.25) is 0 Å². The first-order valence-corrected chi connectivity index (χ1v) is 6.98. The molecule has 2 nitrogen and oxygen atoms in total. The summed E-state index contributed by atoms with van der Waals surface area (Å²) in [5, 5.41) is 0. The highest BCUT2D eigenvalue weighted by molar-refractivity contribution is 5.87. The average Bonchev–Trinajstić information content (AvgIpc) is 2.36. The SMILES string of the molecule is C=C(C)C(=O)OC(C)(C)C1CCCc2cc(F)ccc21. The molecule has 1 unspecified atom stereocenters. The van der Waals surface area contributed by atoms with Gasteiger partial charge in [-0.15, -0.1) is 0 Å². The van der Waals surface area contributed by atoms with Gasteiger partial charge in [0.05, 0.1) is 0 Å². The number of halogens is 1. The van der Waals surface area contributed by atoms with Crippen LogP contribution in [-0.2, 0) is 16.0 Å². The van der Waals surface area contributed by atoms with Gasteiger partial charge in [-0.1, -0.05) is 12.6 Å². The van der Waals surface area contributed by atoms with Crippen LogP contribution in [0, 0.1) is 5.82 Å². The van der Waals surface area contributed by atoms with Crippen molar-refractivity contribution in [3.05, 3.63) is 47.3 Å². The Kier molecular flexibility index (Phi) is 3.98. The molecular weight excluding hydrogens is 255 g/mol. The van der Waals surface area contributed by atoms with Crippen LogP contribution in [-0.4, -0.2) is 11.6 Å². The fraction of sp³-hybridized carbons (Fsp3) is 0.471. The van der Waals surface area contributed by atoms with E-state index in [9.17, 15) is 9.18 Å². The van der Waals surface area contributed by atoms with Gasteiger partial charge in [-0.2, -0.15) is 0 Å². The van der Waals surface area contributed by atoms with E-state index in [1.807, 2.05) is 19.9 Å². The van der Waals surface area contributed by atoms with Crippen LogP contribution in [0.15, 0.2) is 30.4 Å². The Morgan fingerprint density at radius 2 is 2.15 bits per heavy atom. The molecule has 0 amide bonds. The molecule has 0 fully saturated rings. The van der Waals surface area contributed by atoms with E-state index in [-0.39, 0.29) is 17.7 Å². The first-order valence-electron chi connectivity index (χ1n) is 6.98. The Labute approximate surface area is 119 Å². The third kappa shape index (κ3) is 2.92. The van der Waals surface area contributed by atoms with Gasteiger partial charge in [0.2, 0.25) is 0 Å². The van der Waals surface area contributed by atoms with E-state index in [2.05, 4.69) is 6.58 Å². The summed E-state index contributed by atoms with van der Waals surface area (Å²) in [4.78, 5) is 11.8. The lowest BCUT2D eigenvalue weighted by atomic mass is 9.74. The molecule has 0 N–H and O–H groups in total. The molecule has 0 aromatic heterocycles. The molecule has 1 aromatic carbocycles. The maximum absolute atomic E-state index is 13.3. The fourth-order valence-corrected chi connectivity index (χ4v) is 2.90. The molecule has 0 bridgehead atoms. The smallest absolute Gasteiger partial charge is 0.333 e. The van der Waals surface area contributed by atoms with E-state index < -0.39 is 5.60 Å². The van der Waals surface area contributed by atoms with E-state index in [4.69, 9.17) is 4.74 Å². The van der Waals surface area contributed by atoms with Crippen molar-refractivity contribution >= 4 is 5.97 Å². The molecule has 0 saturated heterocycles. The van der Waals surface area contributed by atoms with Crippen LogP contribution in [0.25, 0.3) is 0 Å². The minimum atomic E-state index is -0.622. The van der Waals surface area contributed by atoms with Gasteiger partial charge in [-0.25, -0.2) is 9.18 Å². The molecule has 0 radical (unpaired) electrons. The second-order valence-electron chi connectivity index (χ2n) is 6.06. The summed E-state index contributed by atoms with van der Waals surface area (Å²) in [7, 11) is 0. The third-order valence-corrected chi connectivity index (χ3v) is 3.96. The summed E-state index contributed by atoms with van der Waals surface area (Å²) < 4.78 is 18.9. The van der Waals surface area contributed by atoms with Crippen LogP contribution < -0.4 is 0 Å². The second-order valence-corrected chi connectivity index (χ2v) is 6.06. The van der Waals surface area contributed by atoms with Gasteiger partial charge in [0.1, 0.15) is 11.4 Å². The zero-order valence-corrected chi connectivity index (χ0v) is 12.3. The van der Waals surface area contributed by atoms with E-state index in [0.29, 0.717) is 5.57 Å². The molecule has 20 heavy (non-hydrogen) atoms. The summed E-state index contributed by atoms with van der Waals surface area (Å²) in [5.74, 6) is -0.486. The Hall–Kier alpha value is -1.64. The topological polar surface area (TPSA) is 26.3 Å². The molecule has 2 rings (SSSR count). The van der Waals surface area contributed by atoms with Gasteiger partial charge >= 0.3 is 5.97 Å². The van der Waals surface area contributed by atoms with Crippen LogP contribution >= 0.6 is 0 Å². The summed E-state index contributed by atoms with van der Waals surface area (Å²) in [6, 6.07) is 4.90. The normalized spacial score (nSPS) is 18.3. The number of aryl methyl sites for hydroxylation is 1. The van der Waals surface area contributed by atoms with Crippen molar-refractivity contribution in [1.82, 2.24) is 0 Å². The molecule has 0 spiro atoms. The summed E-state index contributed by atoms with van der Waals surface area (Å²) in [6.45, 7) is 9.08. The maximum Gasteiger partial charge on any atom is 0.333 e. The number of esters is 1. The van der Waals surface area contributed by atoms with Crippen LogP contribution in [0.5, 0.6) is 0 Å². The van der Waals surface area contributed by atoms with Gasteiger partial charge in [-0.05, 0) is 63.3 Å². The number of carbonyl (C=O) groups is 1. The number of benzene rings is 1. The lowest BCUT2D eigenvalue weighted by molar-refractivity contribution is -0.154. The Morgan fingerprint density at radius 3 is 2.80 bits per heavy atom. The average molecular weight is 276 g/mol. The Morgan fingerprint density at radius 1 is 1.45 bits per heavy atom. The van der Waals surface area contributed by atoms with Crippen LogP contribution in [0.4, 0.5) is 4.39 Å². The van der Waals surface area contributed by atoms with Crippen molar-refractivity contribution in [2.24, 2.45) is 0 Å². The molecule has 3 heteroatoms. The zero-order valence-electron chi connectivity index (χ0n) is 12.3. The first-order chi connectivity index (χ1) is 9.31. The van der Waals surface area contributed by atoms with Crippen LogP contribution in [0.3, 0.4) is 0 Å². The van der Waals surface area contributed by atoms with Gasteiger partial charge in [0.15, 0.2) is 0 Å². The highest BCUT2D eigenvalue weighted by Gasteiger charge is 2.37. The second kappa shape index (κ2) is 5.39. The highest BCUT2D eigenvalue weighted by Crippen LogP contribution is 2.41. The van der Waals surface area contributed by atoms with Gasteiger partial charge in [-0.3, -0.25) is 0 Å². The molecule has 0 saturated carbocycles. The lowest BCUT2D eigenvalue weighted by Crippen LogP contribution is -2.37. The monoisotopic (exact) mass is 276 g/mol. The summed E-state index contributed by atoms with van der Waals surface area (Å²) in [5.41, 5.74) is 1.90. The Balaban J connectivity index is 2.30. The largest absolute Gasteiger partial charge is 0.456 e. The minimum absolute atomic E-state index is 0.0927. The first kappa shape index (κ1) is 14.8. The summed E-state index contributed by atoms with van der Waals surface area (Å²) in [6.07, 6.45) is 2.80. The maximum atomic E-state index is 13.3. The molecule has 0 heterocycles. The van der Waals surface area contributed by atoms with E-state index in [0.717, 1.165) is 30.4 Å². The van der Waals surface area contributed by atoms with Crippen molar-refractivity contribution in [2.75, 3.05) is 0 Å². The predicted molar refractivity (Wildman–Crippen MR) is 77.1 cm³/mol. The standard InChI is InChI=1S/C17H21FO2/c1-11(2)16(19)20-17(3,4)15-7-5-6-12-10-13(18)8-9-14(12)15/h8-10,15H,1,5-7H2,2-4H3. The van der Waals surface area contributed by atoms with Crippen molar-refractivity contribution in [2.45, 2.75) is 51.6 Å². The molecule has 1 atom stereocenters. The Bertz CT molecular complexity index is 546.